The van der Waals surface area contributed by atoms with Gasteiger partial charge in [0.25, 0.3) is 0 Å². The molecule has 0 aromatic heterocycles. The quantitative estimate of drug-likeness (QED) is 0.731. The summed E-state index contributed by atoms with van der Waals surface area (Å²) in [6.45, 7) is 1.14. The minimum absolute atomic E-state index is 0.0939. The molecule has 0 fully saturated rings. The third-order valence-electron chi connectivity index (χ3n) is 1.51. The van der Waals surface area contributed by atoms with Gasteiger partial charge in [0, 0.05) is 18.4 Å². The van der Waals surface area contributed by atoms with Crippen LogP contribution in [-0.2, 0) is 0 Å². The number of alkyl halides is 3. The summed E-state index contributed by atoms with van der Waals surface area (Å²) in [5.41, 5.74) is 5.00. The van der Waals surface area contributed by atoms with Crippen molar-refractivity contribution in [3.63, 3.8) is 0 Å². The summed E-state index contributed by atoms with van der Waals surface area (Å²) in [5.74, 6) is 0. The molecule has 0 radical (unpaired) electrons. The monoisotopic (exact) mass is 217 g/mol. The highest BCUT2D eigenvalue weighted by Crippen LogP contribution is 2.32. The van der Waals surface area contributed by atoms with Gasteiger partial charge in [0.2, 0.25) is 0 Å². The van der Waals surface area contributed by atoms with Crippen LogP contribution in [0.15, 0.2) is 0 Å². The number of halogens is 3. The second kappa shape index (κ2) is 5.72. The molecule has 0 rings (SSSR count). The molecule has 0 aliphatic rings. The molecule has 0 spiro atoms. The number of hydrogen-bond donors (Lipinski definition) is 2. The van der Waals surface area contributed by atoms with E-state index in [4.69, 9.17) is 10.8 Å². The highest BCUT2D eigenvalue weighted by molar-refractivity contribution is 8.00. The lowest BCUT2D eigenvalue weighted by Gasteiger charge is -2.21. The topological polar surface area (TPSA) is 46.2 Å². The summed E-state index contributed by atoms with van der Waals surface area (Å²) in [6.07, 6.45) is -3.89. The van der Waals surface area contributed by atoms with Crippen LogP contribution in [0.4, 0.5) is 13.2 Å². The molecule has 0 bridgehead atoms. The maximum atomic E-state index is 12.2. The molecular weight excluding hydrogens is 203 g/mol. The number of thioether (sulfide) groups is 1. The second-order valence-corrected chi connectivity index (χ2v) is 4.37. The van der Waals surface area contributed by atoms with Crippen molar-refractivity contribution in [1.82, 2.24) is 0 Å². The van der Waals surface area contributed by atoms with E-state index < -0.39 is 18.0 Å². The van der Waals surface area contributed by atoms with Crippen LogP contribution in [0.3, 0.4) is 0 Å². The summed E-state index contributed by atoms with van der Waals surface area (Å²) in [4.78, 5) is 0. The third kappa shape index (κ3) is 5.38. The van der Waals surface area contributed by atoms with Crippen molar-refractivity contribution in [1.29, 1.82) is 0 Å². The molecule has 0 aromatic rings. The van der Waals surface area contributed by atoms with Crippen molar-refractivity contribution in [2.24, 2.45) is 5.73 Å². The van der Waals surface area contributed by atoms with Crippen LogP contribution in [0.5, 0.6) is 0 Å². The second-order valence-electron chi connectivity index (χ2n) is 2.72. The van der Waals surface area contributed by atoms with E-state index in [2.05, 4.69) is 0 Å². The van der Waals surface area contributed by atoms with Crippen LogP contribution in [-0.4, -0.2) is 34.9 Å². The normalized spacial score (nSPS) is 17.1. The van der Waals surface area contributed by atoms with Gasteiger partial charge in [-0.1, -0.05) is 6.92 Å². The van der Waals surface area contributed by atoms with Gasteiger partial charge in [0.15, 0.2) is 0 Å². The first-order valence-corrected chi connectivity index (χ1v) is 4.89. The third-order valence-corrected chi connectivity index (χ3v) is 3.00. The summed E-state index contributed by atoms with van der Waals surface area (Å²) in [7, 11) is 0. The molecule has 6 heteroatoms. The van der Waals surface area contributed by atoms with Crippen LogP contribution in [0.25, 0.3) is 0 Å². The predicted octanol–water partition coefficient (Wildman–Crippen LogP) is 1.38. The molecule has 80 valence electrons. The lowest BCUT2D eigenvalue weighted by Crippen LogP contribution is -2.34. The van der Waals surface area contributed by atoms with Gasteiger partial charge in [-0.3, -0.25) is 0 Å². The van der Waals surface area contributed by atoms with Crippen LogP contribution < -0.4 is 5.73 Å². The fourth-order valence-electron chi connectivity index (χ4n) is 0.797. The van der Waals surface area contributed by atoms with Gasteiger partial charge in [-0.15, -0.1) is 11.8 Å². The number of nitrogens with two attached hydrogens (primary N) is 1. The van der Waals surface area contributed by atoms with Crippen LogP contribution in [0.2, 0.25) is 0 Å². The Kier molecular flexibility index (Phi) is 5.75. The Labute approximate surface area is 79.7 Å². The molecule has 0 heterocycles. The Bertz CT molecular complexity index is 142. The standard InChI is InChI=1S/C7H14F3NOS/c1-5(2-3-12)13-6(4-11)7(8,9)10/h5-6,12H,2-4,11H2,1H3. The number of hydrogen-bond acceptors (Lipinski definition) is 3. The average molecular weight is 217 g/mol. The van der Waals surface area contributed by atoms with E-state index in [0.29, 0.717) is 6.42 Å². The summed E-state index contributed by atoms with van der Waals surface area (Å²) >= 11 is 0.766. The predicted molar refractivity (Wildman–Crippen MR) is 47.7 cm³/mol. The molecule has 0 aromatic carbocycles. The van der Waals surface area contributed by atoms with Crippen LogP contribution in [0.1, 0.15) is 13.3 Å². The zero-order chi connectivity index (χ0) is 10.5. The first-order valence-electron chi connectivity index (χ1n) is 3.95. The van der Waals surface area contributed by atoms with Gasteiger partial charge in [-0.25, -0.2) is 0 Å². The van der Waals surface area contributed by atoms with Gasteiger partial charge in [0.1, 0.15) is 5.25 Å². The van der Waals surface area contributed by atoms with E-state index in [1.807, 2.05) is 0 Å². The maximum absolute atomic E-state index is 12.2. The fourth-order valence-corrected chi connectivity index (χ4v) is 1.86. The number of rotatable bonds is 5. The molecular formula is C7H14F3NOS. The van der Waals surface area contributed by atoms with Gasteiger partial charge in [-0.2, -0.15) is 13.2 Å². The van der Waals surface area contributed by atoms with Crippen LogP contribution in [0, 0.1) is 0 Å². The molecule has 0 aliphatic heterocycles. The van der Waals surface area contributed by atoms with Gasteiger partial charge < -0.3 is 10.8 Å². The molecule has 0 amide bonds. The van der Waals surface area contributed by atoms with Crippen molar-refractivity contribution in [2.75, 3.05) is 13.2 Å². The van der Waals surface area contributed by atoms with Gasteiger partial charge in [0.05, 0.1) is 0 Å². The first-order chi connectivity index (χ1) is 5.91. The molecule has 2 atom stereocenters. The molecule has 0 saturated carbocycles. The minimum atomic E-state index is -4.25. The average Bonchev–Trinajstić information content (AvgIpc) is 1.98. The largest absolute Gasteiger partial charge is 0.401 e. The molecule has 13 heavy (non-hydrogen) atoms. The van der Waals surface area contributed by atoms with Gasteiger partial charge >= 0.3 is 6.18 Å². The summed E-state index contributed by atoms with van der Waals surface area (Å²) in [6, 6.07) is 0. The maximum Gasteiger partial charge on any atom is 0.401 e. The molecule has 3 N–H and O–H groups in total. The van der Waals surface area contributed by atoms with Crippen molar-refractivity contribution in [3.8, 4) is 0 Å². The molecule has 0 aliphatic carbocycles. The van der Waals surface area contributed by atoms with E-state index >= 15 is 0 Å². The molecule has 2 unspecified atom stereocenters. The Hall–Kier alpha value is 0.0600. The van der Waals surface area contributed by atoms with Crippen molar-refractivity contribution in [3.05, 3.63) is 0 Å². The van der Waals surface area contributed by atoms with E-state index in [1.165, 1.54) is 0 Å². The summed E-state index contributed by atoms with van der Waals surface area (Å²) < 4.78 is 36.5. The number of aliphatic hydroxyl groups excluding tert-OH is 1. The fraction of sp³-hybridized carbons (Fsp3) is 1.00. The Morgan fingerprint density at radius 2 is 2.00 bits per heavy atom. The van der Waals surface area contributed by atoms with Crippen molar-refractivity contribution < 1.29 is 18.3 Å². The Morgan fingerprint density at radius 3 is 2.31 bits per heavy atom. The molecule has 0 saturated heterocycles. The lowest BCUT2D eigenvalue weighted by atomic mass is 10.3. The minimum Gasteiger partial charge on any atom is -0.396 e. The Morgan fingerprint density at radius 1 is 1.46 bits per heavy atom. The van der Waals surface area contributed by atoms with Crippen LogP contribution >= 0.6 is 11.8 Å². The SMILES string of the molecule is CC(CCO)SC(CN)C(F)(F)F. The van der Waals surface area contributed by atoms with Gasteiger partial charge in [-0.05, 0) is 6.42 Å². The van der Waals surface area contributed by atoms with E-state index in [9.17, 15) is 13.2 Å². The zero-order valence-corrected chi connectivity index (χ0v) is 8.16. The highest BCUT2D eigenvalue weighted by Gasteiger charge is 2.39. The van der Waals surface area contributed by atoms with E-state index in [1.54, 1.807) is 6.92 Å². The highest BCUT2D eigenvalue weighted by atomic mass is 32.2. The molecule has 2 nitrogen and oxygen atoms in total. The lowest BCUT2D eigenvalue weighted by molar-refractivity contribution is -0.126. The van der Waals surface area contributed by atoms with E-state index in [-0.39, 0.29) is 11.9 Å². The first kappa shape index (κ1) is 13.1. The number of aliphatic hydroxyl groups is 1. The van der Waals surface area contributed by atoms with E-state index in [0.717, 1.165) is 11.8 Å². The van der Waals surface area contributed by atoms with Crippen molar-refractivity contribution in [2.45, 2.75) is 30.0 Å². The Balaban J connectivity index is 3.98. The zero-order valence-electron chi connectivity index (χ0n) is 7.34. The van der Waals surface area contributed by atoms with Crippen molar-refractivity contribution >= 4 is 11.8 Å². The summed E-state index contributed by atoms with van der Waals surface area (Å²) in [5, 5.41) is 6.76. The smallest absolute Gasteiger partial charge is 0.396 e.